The van der Waals surface area contributed by atoms with E-state index in [1.54, 1.807) is 0 Å². The molecular formula is C10H20N2O. The first-order chi connectivity index (χ1) is 5.95. The van der Waals surface area contributed by atoms with Crippen molar-refractivity contribution in [3.63, 3.8) is 0 Å². The molecule has 3 N–H and O–H groups in total. The first-order valence-electron chi connectivity index (χ1n) is 4.61. The van der Waals surface area contributed by atoms with Crippen LogP contribution in [0.5, 0.6) is 0 Å². The lowest BCUT2D eigenvalue weighted by Crippen LogP contribution is -2.43. The van der Waals surface area contributed by atoms with Crippen molar-refractivity contribution in [2.24, 2.45) is 11.7 Å². The number of nitrogens with one attached hydrogen (secondary N) is 1. The van der Waals surface area contributed by atoms with E-state index >= 15 is 0 Å². The minimum absolute atomic E-state index is 0.0764. The second-order valence-electron chi connectivity index (χ2n) is 3.80. The molecule has 0 saturated carbocycles. The minimum Gasteiger partial charge on any atom is -0.351 e. The molecule has 1 atom stereocenters. The Balaban J connectivity index is 3.82. The maximum Gasteiger partial charge on any atom is 0.237 e. The number of rotatable bonds is 4. The summed E-state index contributed by atoms with van der Waals surface area (Å²) in [6, 6.07) is -0.398. The van der Waals surface area contributed by atoms with E-state index in [4.69, 9.17) is 5.73 Å². The summed E-state index contributed by atoms with van der Waals surface area (Å²) in [6.45, 7) is 8.43. The van der Waals surface area contributed by atoms with Crippen LogP contribution in [0.25, 0.3) is 0 Å². The van der Waals surface area contributed by atoms with Crippen LogP contribution in [0.2, 0.25) is 0 Å². The van der Waals surface area contributed by atoms with Gasteiger partial charge in [-0.1, -0.05) is 25.5 Å². The highest BCUT2D eigenvalue weighted by Crippen LogP contribution is 1.97. The van der Waals surface area contributed by atoms with Gasteiger partial charge >= 0.3 is 0 Å². The largest absolute Gasteiger partial charge is 0.351 e. The summed E-state index contributed by atoms with van der Waals surface area (Å²) >= 11 is 0. The van der Waals surface area contributed by atoms with Gasteiger partial charge in [-0.05, 0) is 19.8 Å². The zero-order valence-electron chi connectivity index (χ0n) is 8.92. The molecule has 0 aromatic carbocycles. The second-order valence-corrected chi connectivity index (χ2v) is 3.80. The number of amides is 1. The Morgan fingerprint density at radius 3 is 2.38 bits per heavy atom. The molecule has 76 valence electrons. The first kappa shape index (κ1) is 12.2. The fourth-order valence-corrected chi connectivity index (χ4v) is 0.776. The summed E-state index contributed by atoms with van der Waals surface area (Å²) in [4.78, 5) is 11.3. The maximum atomic E-state index is 11.3. The molecule has 1 amide bonds. The minimum atomic E-state index is -0.398. The highest BCUT2D eigenvalue weighted by molar-refractivity contribution is 5.81. The summed E-state index contributed by atoms with van der Waals surface area (Å²) in [5.74, 6) is 0.110. The van der Waals surface area contributed by atoms with Gasteiger partial charge in [-0.25, -0.2) is 0 Å². The Morgan fingerprint density at radius 2 is 2.00 bits per heavy atom. The van der Waals surface area contributed by atoms with Gasteiger partial charge in [0.25, 0.3) is 0 Å². The molecular weight excluding hydrogens is 164 g/mol. The van der Waals surface area contributed by atoms with Crippen LogP contribution in [0.15, 0.2) is 11.6 Å². The van der Waals surface area contributed by atoms with Crippen molar-refractivity contribution in [3.8, 4) is 0 Å². The maximum absolute atomic E-state index is 11.3. The Hall–Kier alpha value is -0.830. The first-order valence-corrected chi connectivity index (χ1v) is 4.61. The Labute approximate surface area is 80.4 Å². The molecule has 0 radical (unpaired) electrons. The van der Waals surface area contributed by atoms with Crippen LogP contribution in [-0.2, 0) is 4.79 Å². The van der Waals surface area contributed by atoms with Gasteiger partial charge in [0.15, 0.2) is 0 Å². The van der Waals surface area contributed by atoms with Crippen LogP contribution >= 0.6 is 0 Å². The van der Waals surface area contributed by atoms with Crippen LogP contribution in [0.4, 0.5) is 0 Å². The fraction of sp³-hybridized carbons (Fsp3) is 0.700. The van der Waals surface area contributed by atoms with E-state index in [1.807, 2.05) is 33.8 Å². The monoisotopic (exact) mass is 184 g/mol. The topological polar surface area (TPSA) is 55.1 Å². The van der Waals surface area contributed by atoms with Crippen LogP contribution in [0, 0.1) is 5.92 Å². The summed E-state index contributed by atoms with van der Waals surface area (Å²) in [5, 5.41) is 2.75. The SMILES string of the molecule is CC(C)=CCNC(=O)[C@@H](N)C(C)C. The molecule has 3 heteroatoms. The number of carbonyl (C=O) groups is 1. The standard InChI is InChI=1S/C10H20N2O/c1-7(2)5-6-12-10(13)9(11)8(3)4/h5,8-9H,6,11H2,1-4H3,(H,12,13)/t9-/m0/s1. The van der Waals surface area contributed by atoms with E-state index in [2.05, 4.69) is 5.32 Å². The zero-order valence-corrected chi connectivity index (χ0v) is 8.92. The summed E-state index contributed by atoms with van der Waals surface area (Å²) in [5.41, 5.74) is 6.84. The normalized spacial score (nSPS) is 12.5. The third-order valence-electron chi connectivity index (χ3n) is 1.81. The molecule has 0 aliphatic heterocycles. The number of nitrogens with two attached hydrogens (primary N) is 1. The van der Waals surface area contributed by atoms with E-state index in [0.29, 0.717) is 6.54 Å². The Morgan fingerprint density at radius 1 is 1.46 bits per heavy atom. The van der Waals surface area contributed by atoms with Crippen LogP contribution in [0.3, 0.4) is 0 Å². The Kier molecular flexibility index (Phi) is 5.39. The van der Waals surface area contributed by atoms with Crippen molar-refractivity contribution in [2.45, 2.75) is 33.7 Å². The number of carbonyl (C=O) groups excluding carboxylic acids is 1. The van der Waals surface area contributed by atoms with Crippen LogP contribution in [-0.4, -0.2) is 18.5 Å². The van der Waals surface area contributed by atoms with Gasteiger partial charge < -0.3 is 11.1 Å². The van der Waals surface area contributed by atoms with Gasteiger partial charge in [-0.2, -0.15) is 0 Å². The zero-order chi connectivity index (χ0) is 10.4. The lowest BCUT2D eigenvalue weighted by molar-refractivity contribution is -0.123. The van der Waals surface area contributed by atoms with Gasteiger partial charge in [-0.15, -0.1) is 0 Å². The third kappa shape index (κ3) is 5.42. The van der Waals surface area contributed by atoms with Gasteiger partial charge in [0.05, 0.1) is 6.04 Å². The molecule has 0 unspecified atom stereocenters. The second kappa shape index (κ2) is 5.75. The smallest absolute Gasteiger partial charge is 0.237 e. The van der Waals surface area contributed by atoms with Crippen molar-refractivity contribution >= 4 is 5.91 Å². The highest BCUT2D eigenvalue weighted by Gasteiger charge is 2.15. The summed E-state index contributed by atoms with van der Waals surface area (Å²) < 4.78 is 0. The van der Waals surface area contributed by atoms with Crippen molar-refractivity contribution in [1.29, 1.82) is 0 Å². The fourth-order valence-electron chi connectivity index (χ4n) is 0.776. The molecule has 0 saturated heterocycles. The molecule has 0 aliphatic rings. The van der Waals surface area contributed by atoms with Crippen LogP contribution < -0.4 is 11.1 Å². The van der Waals surface area contributed by atoms with Crippen molar-refractivity contribution < 1.29 is 4.79 Å². The molecule has 0 rings (SSSR count). The van der Waals surface area contributed by atoms with E-state index in [-0.39, 0.29) is 11.8 Å². The lowest BCUT2D eigenvalue weighted by Gasteiger charge is -2.14. The highest BCUT2D eigenvalue weighted by atomic mass is 16.2. The van der Waals surface area contributed by atoms with E-state index in [9.17, 15) is 4.79 Å². The van der Waals surface area contributed by atoms with Gasteiger partial charge in [-0.3, -0.25) is 4.79 Å². The molecule has 0 aliphatic carbocycles. The van der Waals surface area contributed by atoms with Gasteiger partial charge in [0, 0.05) is 6.54 Å². The molecule has 3 nitrogen and oxygen atoms in total. The van der Waals surface area contributed by atoms with Crippen molar-refractivity contribution in [1.82, 2.24) is 5.32 Å². The van der Waals surface area contributed by atoms with Crippen molar-refractivity contribution in [2.75, 3.05) is 6.54 Å². The predicted octanol–water partition coefficient (Wildman–Crippen LogP) is 1.05. The van der Waals surface area contributed by atoms with E-state index < -0.39 is 6.04 Å². The van der Waals surface area contributed by atoms with Gasteiger partial charge in [0.2, 0.25) is 5.91 Å². The molecule has 0 fully saturated rings. The van der Waals surface area contributed by atoms with E-state index in [0.717, 1.165) is 0 Å². The van der Waals surface area contributed by atoms with Crippen molar-refractivity contribution in [3.05, 3.63) is 11.6 Å². The lowest BCUT2D eigenvalue weighted by atomic mass is 10.1. The average Bonchev–Trinajstić information content (AvgIpc) is 2.02. The predicted molar refractivity (Wildman–Crippen MR) is 55.3 cm³/mol. The molecule has 0 aromatic rings. The third-order valence-corrected chi connectivity index (χ3v) is 1.81. The summed E-state index contributed by atoms with van der Waals surface area (Å²) in [6.07, 6.45) is 1.96. The summed E-state index contributed by atoms with van der Waals surface area (Å²) in [7, 11) is 0. The molecule has 0 bridgehead atoms. The van der Waals surface area contributed by atoms with E-state index in [1.165, 1.54) is 5.57 Å². The number of hydrogen-bond acceptors (Lipinski definition) is 2. The quantitative estimate of drug-likeness (QED) is 0.642. The average molecular weight is 184 g/mol. The van der Waals surface area contributed by atoms with Gasteiger partial charge in [0.1, 0.15) is 0 Å². The molecule has 0 heterocycles. The molecule has 0 aromatic heterocycles. The number of allylic oxidation sites excluding steroid dienone is 1. The Bertz CT molecular complexity index is 193. The molecule has 13 heavy (non-hydrogen) atoms. The molecule has 0 spiro atoms. The van der Waals surface area contributed by atoms with Crippen LogP contribution in [0.1, 0.15) is 27.7 Å². The number of hydrogen-bond donors (Lipinski definition) is 2.